The average Bonchev–Trinajstić information content (AvgIpc) is 2.49. The molecule has 2 aromatic carbocycles. The number of nitrogens with zero attached hydrogens (tertiary/aromatic N) is 1. The van der Waals surface area contributed by atoms with Crippen LogP contribution in [0.1, 0.15) is 5.56 Å². The van der Waals surface area contributed by atoms with Crippen molar-refractivity contribution in [1.29, 1.82) is 0 Å². The van der Waals surface area contributed by atoms with Crippen LogP contribution < -0.4 is 4.74 Å². The van der Waals surface area contributed by atoms with Crippen LogP contribution in [0.3, 0.4) is 0 Å². The van der Waals surface area contributed by atoms with Gasteiger partial charge in [0.15, 0.2) is 11.6 Å². The highest BCUT2D eigenvalue weighted by molar-refractivity contribution is 5.80. The van der Waals surface area contributed by atoms with Crippen LogP contribution in [0.5, 0.6) is 11.6 Å². The molecule has 0 saturated carbocycles. The van der Waals surface area contributed by atoms with Gasteiger partial charge >= 0.3 is 0 Å². The number of ether oxygens (including phenoxy) is 1. The van der Waals surface area contributed by atoms with E-state index in [2.05, 4.69) is 4.98 Å². The Balaban J connectivity index is 2.08. The maximum atomic E-state index is 13.6. The standard InChI is InChI=1S/C16H12FNO2/c17-13-6-2-4-8-15(13)20-16-12(10-19)9-11-5-1-3-7-14(11)18-16/h1-9,19H,10H2. The fourth-order valence-electron chi connectivity index (χ4n) is 1.98. The number of aliphatic hydroxyl groups is 1. The van der Waals surface area contributed by atoms with Crippen LogP contribution in [-0.4, -0.2) is 10.1 Å². The van der Waals surface area contributed by atoms with Gasteiger partial charge in [0.25, 0.3) is 0 Å². The second kappa shape index (κ2) is 5.27. The zero-order chi connectivity index (χ0) is 13.9. The molecule has 1 aromatic heterocycles. The number of rotatable bonds is 3. The number of aliphatic hydroxyl groups excluding tert-OH is 1. The maximum Gasteiger partial charge on any atom is 0.225 e. The lowest BCUT2D eigenvalue weighted by Gasteiger charge is -2.10. The molecule has 0 saturated heterocycles. The molecule has 0 aliphatic rings. The van der Waals surface area contributed by atoms with E-state index in [9.17, 15) is 9.50 Å². The van der Waals surface area contributed by atoms with E-state index in [0.29, 0.717) is 5.56 Å². The van der Waals surface area contributed by atoms with E-state index < -0.39 is 5.82 Å². The van der Waals surface area contributed by atoms with Crippen LogP contribution in [0.15, 0.2) is 54.6 Å². The minimum Gasteiger partial charge on any atom is -0.436 e. The molecule has 20 heavy (non-hydrogen) atoms. The van der Waals surface area contributed by atoms with Crippen molar-refractivity contribution >= 4 is 10.9 Å². The van der Waals surface area contributed by atoms with Gasteiger partial charge in [-0.1, -0.05) is 30.3 Å². The minimum absolute atomic E-state index is 0.0879. The van der Waals surface area contributed by atoms with Crippen LogP contribution in [0, 0.1) is 5.82 Å². The molecule has 3 nitrogen and oxygen atoms in total. The molecule has 4 heteroatoms. The van der Waals surface area contributed by atoms with Crippen LogP contribution in [0.25, 0.3) is 10.9 Å². The van der Waals surface area contributed by atoms with Gasteiger partial charge in [0.2, 0.25) is 5.88 Å². The highest BCUT2D eigenvalue weighted by atomic mass is 19.1. The van der Waals surface area contributed by atoms with Crippen LogP contribution in [0.4, 0.5) is 4.39 Å². The Morgan fingerprint density at radius 2 is 1.80 bits per heavy atom. The number of para-hydroxylation sites is 2. The summed E-state index contributed by atoms with van der Waals surface area (Å²) in [5, 5.41) is 10.3. The Bertz CT molecular complexity index is 758. The molecule has 0 atom stereocenters. The largest absolute Gasteiger partial charge is 0.436 e. The highest BCUT2D eigenvalue weighted by Gasteiger charge is 2.10. The van der Waals surface area contributed by atoms with Gasteiger partial charge in [0.05, 0.1) is 12.1 Å². The summed E-state index contributed by atoms with van der Waals surface area (Å²) in [6.45, 7) is -0.221. The first-order chi connectivity index (χ1) is 9.78. The van der Waals surface area contributed by atoms with Crippen molar-refractivity contribution in [1.82, 2.24) is 4.98 Å². The summed E-state index contributed by atoms with van der Waals surface area (Å²) in [6.07, 6.45) is 0. The third-order valence-electron chi connectivity index (χ3n) is 2.98. The first kappa shape index (κ1) is 12.6. The van der Waals surface area contributed by atoms with Gasteiger partial charge in [0.1, 0.15) is 0 Å². The predicted octanol–water partition coefficient (Wildman–Crippen LogP) is 3.66. The van der Waals surface area contributed by atoms with Gasteiger partial charge in [-0.15, -0.1) is 0 Å². The second-order valence-corrected chi connectivity index (χ2v) is 4.34. The first-order valence-electron chi connectivity index (χ1n) is 6.20. The van der Waals surface area contributed by atoms with E-state index in [1.54, 1.807) is 18.2 Å². The SMILES string of the molecule is OCc1cc2ccccc2nc1Oc1ccccc1F. The Kier molecular flexibility index (Phi) is 3.31. The molecule has 0 fully saturated rings. The quantitative estimate of drug-likeness (QED) is 0.789. The van der Waals surface area contributed by atoms with Crippen molar-refractivity contribution in [2.75, 3.05) is 0 Å². The average molecular weight is 269 g/mol. The van der Waals surface area contributed by atoms with E-state index in [4.69, 9.17) is 4.74 Å². The molecule has 3 rings (SSSR count). The topological polar surface area (TPSA) is 42.4 Å². The third kappa shape index (κ3) is 2.33. The van der Waals surface area contributed by atoms with Crippen molar-refractivity contribution in [3.05, 3.63) is 66.0 Å². The summed E-state index contributed by atoms with van der Waals surface area (Å²) in [4.78, 5) is 4.33. The number of aromatic nitrogens is 1. The second-order valence-electron chi connectivity index (χ2n) is 4.34. The molecule has 0 unspecified atom stereocenters. The van der Waals surface area contributed by atoms with Gasteiger partial charge in [-0.3, -0.25) is 0 Å². The maximum absolute atomic E-state index is 13.6. The van der Waals surface area contributed by atoms with Gasteiger partial charge in [-0.2, -0.15) is 0 Å². The number of pyridine rings is 1. The smallest absolute Gasteiger partial charge is 0.225 e. The number of halogens is 1. The Morgan fingerprint density at radius 3 is 2.60 bits per heavy atom. The van der Waals surface area contributed by atoms with Gasteiger partial charge < -0.3 is 9.84 Å². The van der Waals surface area contributed by atoms with Crippen molar-refractivity contribution in [3.63, 3.8) is 0 Å². The molecule has 0 amide bonds. The number of fused-ring (bicyclic) bond motifs is 1. The number of benzene rings is 2. The number of hydrogen-bond acceptors (Lipinski definition) is 3. The zero-order valence-corrected chi connectivity index (χ0v) is 10.6. The highest BCUT2D eigenvalue weighted by Crippen LogP contribution is 2.28. The molecule has 1 heterocycles. The van der Waals surface area contributed by atoms with Crippen LogP contribution in [-0.2, 0) is 6.61 Å². The molecule has 100 valence electrons. The Hall–Kier alpha value is -2.46. The normalized spacial score (nSPS) is 10.7. The zero-order valence-electron chi connectivity index (χ0n) is 10.6. The van der Waals surface area contributed by atoms with Crippen molar-refractivity contribution < 1.29 is 14.2 Å². The van der Waals surface area contributed by atoms with Crippen molar-refractivity contribution in [3.8, 4) is 11.6 Å². The lowest BCUT2D eigenvalue weighted by atomic mass is 10.1. The number of hydrogen-bond donors (Lipinski definition) is 1. The Morgan fingerprint density at radius 1 is 1.05 bits per heavy atom. The minimum atomic E-state index is -0.466. The van der Waals surface area contributed by atoms with E-state index >= 15 is 0 Å². The first-order valence-corrected chi connectivity index (χ1v) is 6.20. The van der Waals surface area contributed by atoms with E-state index in [1.807, 2.05) is 24.3 Å². The fourth-order valence-corrected chi connectivity index (χ4v) is 1.98. The van der Waals surface area contributed by atoms with Gasteiger partial charge in [0, 0.05) is 10.9 Å². The van der Waals surface area contributed by atoms with Gasteiger partial charge in [-0.25, -0.2) is 9.37 Å². The Labute approximate surface area is 115 Å². The molecular formula is C16H12FNO2. The molecule has 0 radical (unpaired) electrons. The monoisotopic (exact) mass is 269 g/mol. The molecule has 0 bridgehead atoms. The molecule has 0 aliphatic carbocycles. The van der Waals surface area contributed by atoms with Gasteiger partial charge in [-0.05, 0) is 24.3 Å². The fraction of sp³-hybridized carbons (Fsp3) is 0.0625. The summed E-state index contributed by atoms with van der Waals surface area (Å²) < 4.78 is 19.1. The lowest BCUT2D eigenvalue weighted by Crippen LogP contribution is -1.97. The van der Waals surface area contributed by atoms with Crippen molar-refractivity contribution in [2.45, 2.75) is 6.61 Å². The molecular weight excluding hydrogens is 257 g/mol. The molecule has 0 aliphatic heterocycles. The summed E-state index contributed by atoms with van der Waals surface area (Å²) in [5.74, 6) is -0.160. The molecule has 1 N–H and O–H groups in total. The van der Waals surface area contributed by atoms with E-state index in [0.717, 1.165) is 10.9 Å². The molecule has 0 spiro atoms. The molecule has 3 aromatic rings. The summed E-state index contributed by atoms with van der Waals surface area (Å²) in [5.41, 5.74) is 1.25. The lowest BCUT2D eigenvalue weighted by molar-refractivity contribution is 0.274. The summed E-state index contributed by atoms with van der Waals surface area (Å²) >= 11 is 0. The summed E-state index contributed by atoms with van der Waals surface area (Å²) in [6, 6.07) is 15.4. The van der Waals surface area contributed by atoms with E-state index in [1.165, 1.54) is 12.1 Å². The van der Waals surface area contributed by atoms with E-state index in [-0.39, 0.29) is 18.2 Å². The van der Waals surface area contributed by atoms with Crippen LogP contribution in [0.2, 0.25) is 0 Å². The van der Waals surface area contributed by atoms with Crippen molar-refractivity contribution in [2.24, 2.45) is 0 Å². The predicted molar refractivity (Wildman–Crippen MR) is 74.1 cm³/mol. The van der Waals surface area contributed by atoms with Crippen LogP contribution >= 0.6 is 0 Å². The summed E-state index contributed by atoms with van der Waals surface area (Å²) in [7, 11) is 0. The third-order valence-corrected chi connectivity index (χ3v) is 2.98.